The summed E-state index contributed by atoms with van der Waals surface area (Å²) in [4.78, 5) is 30.5. The molecular weight excluding hydrogens is 366 g/mol. The van der Waals surface area contributed by atoms with Crippen molar-refractivity contribution in [3.8, 4) is 22.5 Å². The number of imidazole rings is 1. The van der Waals surface area contributed by atoms with Crippen molar-refractivity contribution in [2.24, 2.45) is 5.92 Å². The van der Waals surface area contributed by atoms with Gasteiger partial charge in [-0.1, -0.05) is 48.5 Å². The van der Waals surface area contributed by atoms with Crippen molar-refractivity contribution in [2.45, 2.75) is 19.9 Å². The summed E-state index contributed by atoms with van der Waals surface area (Å²) < 4.78 is 2.00. The maximum absolute atomic E-state index is 12.2. The van der Waals surface area contributed by atoms with Crippen molar-refractivity contribution in [3.63, 3.8) is 0 Å². The van der Waals surface area contributed by atoms with Crippen LogP contribution in [0, 0.1) is 5.92 Å². The van der Waals surface area contributed by atoms with Gasteiger partial charge in [0.05, 0.1) is 23.3 Å². The molecule has 0 aliphatic carbocycles. The molecule has 1 amide bonds. The van der Waals surface area contributed by atoms with Crippen molar-refractivity contribution in [3.05, 3.63) is 66.5 Å². The van der Waals surface area contributed by atoms with Crippen LogP contribution in [0.3, 0.4) is 0 Å². The van der Waals surface area contributed by atoms with Crippen molar-refractivity contribution < 1.29 is 14.7 Å². The highest BCUT2D eigenvalue weighted by Gasteiger charge is 2.30. The van der Waals surface area contributed by atoms with E-state index in [9.17, 15) is 14.7 Å². The summed E-state index contributed by atoms with van der Waals surface area (Å²) in [7, 11) is 0. The van der Waals surface area contributed by atoms with Gasteiger partial charge in [0.15, 0.2) is 0 Å². The highest BCUT2D eigenvalue weighted by molar-refractivity contribution is 5.97. The lowest BCUT2D eigenvalue weighted by Crippen LogP contribution is -2.25. The topological polar surface area (TPSA) is 75.4 Å². The molecule has 1 aromatic heterocycles. The standard InChI is InChI=1S/C23H23N3O3/c1-2-25-13-16(12-20(25)27)14-26-15-24-21(17-8-4-3-5-9-17)22(26)18-10-6-7-11-19(18)23(28)29/h3-11,15-16H,2,12-14H2,1H3,(H,28,29)/t16-/m1/s1. The van der Waals surface area contributed by atoms with E-state index in [4.69, 9.17) is 0 Å². The summed E-state index contributed by atoms with van der Waals surface area (Å²) >= 11 is 0. The SMILES string of the molecule is CCN1C[C@H](Cn2cnc(-c3ccccc3)c2-c2ccccc2C(=O)O)CC1=O. The van der Waals surface area contributed by atoms with E-state index in [-0.39, 0.29) is 17.4 Å². The summed E-state index contributed by atoms with van der Waals surface area (Å²) in [6, 6.07) is 16.8. The van der Waals surface area contributed by atoms with Crippen LogP contribution < -0.4 is 0 Å². The number of carboxylic acids is 1. The average molecular weight is 389 g/mol. The number of carboxylic acid groups (broad SMARTS) is 1. The molecule has 0 saturated carbocycles. The van der Waals surface area contributed by atoms with E-state index in [1.165, 1.54) is 0 Å². The predicted molar refractivity (Wildman–Crippen MR) is 110 cm³/mol. The second-order valence-electron chi connectivity index (χ2n) is 7.31. The van der Waals surface area contributed by atoms with Gasteiger partial charge in [-0.05, 0) is 13.0 Å². The lowest BCUT2D eigenvalue weighted by Gasteiger charge is -2.17. The van der Waals surface area contributed by atoms with Crippen LogP contribution >= 0.6 is 0 Å². The third-order valence-electron chi connectivity index (χ3n) is 5.43. The first-order chi connectivity index (χ1) is 14.1. The quantitative estimate of drug-likeness (QED) is 0.696. The average Bonchev–Trinajstić information content (AvgIpc) is 3.31. The Kier molecular flexibility index (Phi) is 5.16. The van der Waals surface area contributed by atoms with Crippen LogP contribution in [0.4, 0.5) is 0 Å². The number of aromatic carboxylic acids is 1. The van der Waals surface area contributed by atoms with Gasteiger partial charge in [0.25, 0.3) is 0 Å². The second kappa shape index (κ2) is 7.91. The van der Waals surface area contributed by atoms with Crippen molar-refractivity contribution in [1.82, 2.24) is 14.5 Å². The Morgan fingerprint density at radius 3 is 2.55 bits per heavy atom. The fourth-order valence-corrected chi connectivity index (χ4v) is 4.05. The zero-order valence-corrected chi connectivity index (χ0v) is 16.3. The lowest BCUT2D eigenvalue weighted by atomic mass is 9.99. The van der Waals surface area contributed by atoms with Gasteiger partial charge in [-0.15, -0.1) is 0 Å². The molecule has 6 heteroatoms. The maximum Gasteiger partial charge on any atom is 0.336 e. The molecule has 2 aromatic carbocycles. The molecule has 148 valence electrons. The zero-order chi connectivity index (χ0) is 20.4. The van der Waals surface area contributed by atoms with Gasteiger partial charge in [-0.25, -0.2) is 9.78 Å². The third kappa shape index (κ3) is 3.66. The minimum absolute atomic E-state index is 0.174. The minimum atomic E-state index is -0.972. The number of benzene rings is 2. The molecule has 6 nitrogen and oxygen atoms in total. The van der Waals surface area contributed by atoms with Crippen LogP contribution in [0.15, 0.2) is 60.9 Å². The Bertz CT molecular complexity index is 1040. The number of carbonyl (C=O) groups excluding carboxylic acids is 1. The van der Waals surface area contributed by atoms with Gasteiger partial charge < -0.3 is 14.6 Å². The van der Waals surface area contributed by atoms with Crippen LogP contribution in [0.5, 0.6) is 0 Å². The number of hydrogen-bond donors (Lipinski definition) is 1. The Labute approximate surface area is 169 Å². The van der Waals surface area contributed by atoms with Crippen molar-refractivity contribution >= 4 is 11.9 Å². The van der Waals surface area contributed by atoms with Gasteiger partial charge in [0, 0.05) is 43.1 Å². The Hall–Kier alpha value is -3.41. The molecule has 3 aromatic rings. The van der Waals surface area contributed by atoms with Gasteiger partial charge in [0.2, 0.25) is 5.91 Å². The monoisotopic (exact) mass is 389 g/mol. The molecule has 1 saturated heterocycles. The molecule has 1 aliphatic rings. The fraction of sp³-hybridized carbons (Fsp3) is 0.261. The molecule has 2 heterocycles. The lowest BCUT2D eigenvalue weighted by molar-refractivity contribution is -0.127. The number of nitrogens with zero attached hydrogens (tertiary/aromatic N) is 3. The largest absolute Gasteiger partial charge is 0.478 e. The molecule has 1 fully saturated rings. The van der Waals surface area contributed by atoms with Crippen LogP contribution in [0.2, 0.25) is 0 Å². The van der Waals surface area contributed by atoms with E-state index < -0.39 is 5.97 Å². The van der Waals surface area contributed by atoms with E-state index >= 15 is 0 Å². The van der Waals surface area contributed by atoms with Crippen LogP contribution in [-0.2, 0) is 11.3 Å². The van der Waals surface area contributed by atoms with E-state index in [1.54, 1.807) is 18.5 Å². The highest BCUT2D eigenvalue weighted by Crippen LogP contribution is 2.34. The van der Waals surface area contributed by atoms with Gasteiger partial charge in [0.1, 0.15) is 0 Å². The molecule has 29 heavy (non-hydrogen) atoms. The number of carbonyl (C=O) groups is 2. The molecule has 1 aliphatic heterocycles. The Morgan fingerprint density at radius 1 is 1.14 bits per heavy atom. The van der Waals surface area contributed by atoms with Gasteiger partial charge >= 0.3 is 5.97 Å². The highest BCUT2D eigenvalue weighted by atomic mass is 16.4. The van der Waals surface area contributed by atoms with E-state index in [2.05, 4.69) is 4.98 Å². The summed E-state index contributed by atoms with van der Waals surface area (Å²) in [5.41, 5.74) is 3.32. The van der Waals surface area contributed by atoms with E-state index in [1.807, 2.05) is 58.9 Å². The summed E-state index contributed by atoms with van der Waals surface area (Å²) in [6.07, 6.45) is 2.27. The number of amides is 1. The molecule has 4 rings (SSSR count). The van der Waals surface area contributed by atoms with Crippen LogP contribution in [0.25, 0.3) is 22.5 Å². The van der Waals surface area contributed by atoms with E-state index in [0.717, 1.165) is 17.0 Å². The molecule has 0 radical (unpaired) electrons. The summed E-state index contributed by atoms with van der Waals surface area (Å²) in [5, 5.41) is 9.72. The third-order valence-corrected chi connectivity index (χ3v) is 5.43. The van der Waals surface area contributed by atoms with Gasteiger partial charge in [-0.2, -0.15) is 0 Å². The summed E-state index contributed by atoms with van der Waals surface area (Å²) in [5.74, 6) is -0.620. The van der Waals surface area contributed by atoms with E-state index in [0.29, 0.717) is 31.6 Å². The molecular formula is C23H23N3O3. The minimum Gasteiger partial charge on any atom is -0.478 e. The second-order valence-corrected chi connectivity index (χ2v) is 7.31. The number of likely N-dealkylation sites (tertiary alicyclic amines) is 1. The number of rotatable bonds is 6. The van der Waals surface area contributed by atoms with Crippen LogP contribution in [0.1, 0.15) is 23.7 Å². The fourth-order valence-electron chi connectivity index (χ4n) is 4.05. The van der Waals surface area contributed by atoms with Crippen molar-refractivity contribution in [2.75, 3.05) is 13.1 Å². The van der Waals surface area contributed by atoms with Gasteiger partial charge in [-0.3, -0.25) is 4.79 Å². The molecule has 0 spiro atoms. The molecule has 1 atom stereocenters. The smallest absolute Gasteiger partial charge is 0.336 e. The number of aromatic nitrogens is 2. The number of hydrogen-bond acceptors (Lipinski definition) is 3. The molecule has 1 N–H and O–H groups in total. The zero-order valence-electron chi connectivity index (χ0n) is 16.3. The Balaban J connectivity index is 1.80. The molecule has 0 unspecified atom stereocenters. The normalized spacial score (nSPS) is 16.4. The van der Waals surface area contributed by atoms with Crippen molar-refractivity contribution in [1.29, 1.82) is 0 Å². The first-order valence-corrected chi connectivity index (χ1v) is 9.79. The first kappa shape index (κ1) is 18.9. The maximum atomic E-state index is 12.2. The predicted octanol–water partition coefficient (Wildman–Crippen LogP) is 3.78. The molecule has 0 bridgehead atoms. The Morgan fingerprint density at radius 2 is 1.86 bits per heavy atom. The summed E-state index contributed by atoms with van der Waals surface area (Å²) in [6.45, 7) is 4.03. The van der Waals surface area contributed by atoms with Crippen LogP contribution in [-0.4, -0.2) is 44.5 Å². The first-order valence-electron chi connectivity index (χ1n) is 9.79.